The van der Waals surface area contributed by atoms with Crippen molar-refractivity contribution in [2.24, 2.45) is 5.10 Å². The van der Waals surface area contributed by atoms with E-state index in [4.69, 9.17) is 9.52 Å². The Bertz CT molecular complexity index is 1070. The van der Waals surface area contributed by atoms with E-state index in [1.54, 1.807) is 48.5 Å². The number of hydrogen-bond donors (Lipinski definition) is 3. The minimum atomic E-state index is -0.996. The molecule has 0 unspecified atom stereocenters. The van der Waals surface area contributed by atoms with E-state index in [1.807, 2.05) is 0 Å². The SMILES string of the molecule is CC(=O)Nc1ccc(C(=O)N/N=C/c2ccc(-c3ccc(C(=O)O)cc3)o2)cc1. The number of hydrogen-bond acceptors (Lipinski definition) is 5. The van der Waals surface area contributed by atoms with Gasteiger partial charge < -0.3 is 14.8 Å². The summed E-state index contributed by atoms with van der Waals surface area (Å²) in [7, 11) is 0. The van der Waals surface area contributed by atoms with Gasteiger partial charge in [-0.15, -0.1) is 0 Å². The van der Waals surface area contributed by atoms with Gasteiger partial charge in [0.15, 0.2) is 0 Å². The lowest BCUT2D eigenvalue weighted by Gasteiger charge is -2.03. The molecule has 0 saturated carbocycles. The van der Waals surface area contributed by atoms with E-state index in [1.165, 1.54) is 25.3 Å². The van der Waals surface area contributed by atoms with Gasteiger partial charge in [-0.05, 0) is 48.5 Å². The smallest absolute Gasteiger partial charge is 0.335 e. The molecule has 8 nitrogen and oxygen atoms in total. The zero-order valence-corrected chi connectivity index (χ0v) is 15.4. The maximum atomic E-state index is 12.1. The summed E-state index contributed by atoms with van der Waals surface area (Å²) >= 11 is 0. The van der Waals surface area contributed by atoms with Gasteiger partial charge >= 0.3 is 5.97 Å². The average molecular weight is 391 g/mol. The van der Waals surface area contributed by atoms with Gasteiger partial charge in [-0.3, -0.25) is 9.59 Å². The Labute approximate surface area is 165 Å². The molecule has 0 aliphatic heterocycles. The topological polar surface area (TPSA) is 121 Å². The second-order valence-corrected chi connectivity index (χ2v) is 6.04. The van der Waals surface area contributed by atoms with Crippen LogP contribution in [0.1, 0.15) is 33.4 Å². The number of rotatable bonds is 6. The molecule has 3 N–H and O–H groups in total. The zero-order chi connectivity index (χ0) is 20.8. The lowest BCUT2D eigenvalue weighted by Crippen LogP contribution is -2.17. The van der Waals surface area contributed by atoms with Crippen LogP contribution in [0.3, 0.4) is 0 Å². The summed E-state index contributed by atoms with van der Waals surface area (Å²) in [6, 6.07) is 16.1. The molecule has 0 radical (unpaired) electrons. The van der Waals surface area contributed by atoms with E-state index in [-0.39, 0.29) is 11.5 Å². The van der Waals surface area contributed by atoms with Crippen LogP contribution in [0.2, 0.25) is 0 Å². The molecule has 0 bridgehead atoms. The largest absolute Gasteiger partial charge is 0.478 e. The van der Waals surface area contributed by atoms with Crippen molar-refractivity contribution in [3.05, 3.63) is 77.6 Å². The van der Waals surface area contributed by atoms with Crippen LogP contribution in [0.25, 0.3) is 11.3 Å². The van der Waals surface area contributed by atoms with Crippen molar-refractivity contribution in [1.82, 2.24) is 5.43 Å². The standard InChI is InChI=1S/C21H17N3O5/c1-13(25)23-17-8-6-15(7-9-17)20(26)24-22-12-18-10-11-19(29-18)14-2-4-16(5-3-14)21(27)28/h2-12H,1H3,(H,23,25)(H,24,26)(H,27,28)/b22-12+. The van der Waals surface area contributed by atoms with Crippen molar-refractivity contribution < 1.29 is 23.9 Å². The van der Waals surface area contributed by atoms with Crippen LogP contribution in [0.5, 0.6) is 0 Å². The molecule has 0 aliphatic carbocycles. The summed E-state index contributed by atoms with van der Waals surface area (Å²) in [5.41, 5.74) is 4.28. The Morgan fingerprint density at radius 1 is 0.931 bits per heavy atom. The fourth-order valence-corrected chi connectivity index (χ4v) is 2.48. The van der Waals surface area contributed by atoms with E-state index >= 15 is 0 Å². The predicted molar refractivity (Wildman–Crippen MR) is 107 cm³/mol. The number of carbonyl (C=O) groups is 3. The molecule has 29 heavy (non-hydrogen) atoms. The average Bonchev–Trinajstić information content (AvgIpc) is 3.17. The molecule has 0 saturated heterocycles. The first-order valence-corrected chi connectivity index (χ1v) is 8.57. The van der Waals surface area contributed by atoms with Crippen molar-refractivity contribution in [2.45, 2.75) is 6.92 Å². The summed E-state index contributed by atoms with van der Waals surface area (Å²) < 4.78 is 5.62. The Balaban J connectivity index is 1.60. The van der Waals surface area contributed by atoms with Crippen LogP contribution >= 0.6 is 0 Å². The van der Waals surface area contributed by atoms with Gasteiger partial charge in [0.25, 0.3) is 5.91 Å². The molecule has 0 atom stereocenters. The maximum absolute atomic E-state index is 12.1. The third-order valence-corrected chi connectivity index (χ3v) is 3.87. The highest BCUT2D eigenvalue weighted by Gasteiger charge is 2.07. The molecule has 0 spiro atoms. The van der Waals surface area contributed by atoms with Gasteiger partial charge in [-0.2, -0.15) is 5.10 Å². The van der Waals surface area contributed by atoms with Crippen LogP contribution in [0.15, 0.2) is 70.2 Å². The lowest BCUT2D eigenvalue weighted by atomic mass is 10.1. The number of furan rings is 1. The molecule has 2 amide bonds. The summed E-state index contributed by atoms with van der Waals surface area (Å²) in [5, 5.41) is 15.4. The van der Waals surface area contributed by atoms with E-state index in [0.717, 1.165) is 5.56 Å². The molecule has 1 aromatic heterocycles. The van der Waals surface area contributed by atoms with Crippen LogP contribution in [-0.2, 0) is 4.79 Å². The minimum Gasteiger partial charge on any atom is -0.478 e. The van der Waals surface area contributed by atoms with Crippen molar-refractivity contribution >= 4 is 29.7 Å². The van der Waals surface area contributed by atoms with Crippen LogP contribution < -0.4 is 10.7 Å². The summed E-state index contributed by atoms with van der Waals surface area (Å²) in [6.07, 6.45) is 1.36. The fraction of sp³-hybridized carbons (Fsp3) is 0.0476. The summed E-state index contributed by atoms with van der Waals surface area (Å²) in [4.78, 5) is 34.0. The zero-order valence-electron chi connectivity index (χ0n) is 15.4. The Kier molecular flexibility index (Phi) is 5.84. The highest BCUT2D eigenvalue weighted by Crippen LogP contribution is 2.22. The number of nitrogens with one attached hydrogen (secondary N) is 2. The number of carboxylic acid groups (broad SMARTS) is 1. The van der Waals surface area contributed by atoms with Gasteiger partial charge in [0.05, 0.1) is 11.8 Å². The third-order valence-electron chi connectivity index (χ3n) is 3.87. The molecule has 3 rings (SSSR count). The number of anilines is 1. The number of amides is 2. The van der Waals surface area contributed by atoms with Gasteiger partial charge in [0.1, 0.15) is 11.5 Å². The number of carbonyl (C=O) groups excluding carboxylic acids is 2. The van der Waals surface area contributed by atoms with Crippen molar-refractivity contribution in [3.8, 4) is 11.3 Å². The van der Waals surface area contributed by atoms with E-state index in [9.17, 15) is 14.4 Å². The quantitative estimate of drug-likeness (QED) is 0.439. The molecule has 146 valence electrons. The molecule has 8 heteroatoms. The second-order valence-electron chi connectivity index (χ2n) is 6.04. The van der Waals surface area contributed by atoms with Gasteiger partial charge in [0, 0.05) is 23.7 Å². The minimum absolute atomic E-state index is 0.190. The fourth-order valence-electron chi connectivity index (χ4n) is 2.48. The Morgan fingerprint density at radius 2 is 1.59 bits per heavy atom. The maximum Gasteiger partial charge on any atom is 0.335 e. The highest BCUT2D eigenvalue weighted by atomic mass is 16.4. The van der Waals surface area contributed by atoms with Gasteiger partial charge in [-0.1, -0.05) is 12.1 Å². The van der Waals surface area contributed by atoms with Gasteiger partial charge in [0.2, 0.25) is 5.91 Å². The predicted octanol–water partition coefficient (Wildman–Crippen LogP) is 3.37. The first-order chi connectivity index (χ1) is 13.9. The molecule has 0 aliphatic rings. The number of benzene rings is 2. The van der Waals surface area contributed by atoms with Crippen molar-refractivity contribution in [2.75, 3.05) is 5.32 Å². The van der Waals surface area contributed by atoms with E-state index < -0.39 is 11.9 Å². The number of nitrogens with zero attached hydrogens (tertiary/aromatic N) is 1. The van der Waals surface area contributed by atoms with Crippen LogP contribution in [0, 0.1) is 0 Å². The molecule has 2 aromatic carbocycles. The van der Waals surface area contributed by atoms with E-state index in [0.29, 0.717) is 22.8 Å². The van der Waals surface area contributed by atoms with E-state index in [2.05, 4.69) is 15.8 Å². The molecular weight excluding hydrogens is 374 g/mol. The van der Waals surface area contributed by atoms with Crippen molar-refractivity contribution in [3.63, 3.8) is 0 Å². The molecule has 3 aromatic rings. The Morgan fingerprint density at radius 3 is 2.21 bits per heavy atom. The van der Waals surface area contributed by atoms with Gasteiger partial charge in [-0.25, -0.2) is 10.2 Å². The molecular formula is C21H17N3O5. The first-order valence-electron chi connectivity index (χ1n) is 8.57. The summed E-state index contributed by atoms with van der Waals surface area (Å²) in [6.45, 7) is 1.40. The Hall–Kier alpha value is -4.20. The van der Waals surface area contributed by atoms with Crippen LogP contribution in [-0.4, -0.2) is 29.1 Å². The number of hydrazone groups is 1. The first kappa shape index (κ1) is 19.6. The number of carboxylic acids is 1. The van der Waals surface area contributed by atoms with Crippen LogP contribution in [0.4, 0.5) is 5.69 Å². The van der Waals surface area contributed by atoms with Crippen molar-refractivity contribution in [1.29, 1.82) is 0 Å². The monoisotopic (exact) mass is 391 g/mol. The molecule has 0 fully saturated rings. The number of aromatic carboxylic acids is 1. The highest BCUT2D eigenvalue weighted by molar-refractivity contribution is 5.96. The lowest BCUT2D eigenvalue weighted by molar-refractivity contribution is -0.114. The summed E-state index contributed by atoms with van der Waals surface area (Å²) in [5.74, 6) is -0.634. The second kappa shape index (κ2) is 8.66. The normalized spacial score (nSPS) is 10.7. The molecule has 1 heterocycles. The third kappa shape index (κ3) is 5.16.